The highest BCUT2D eigenvalue weighted by Crippen LogP contribution is 2.34. The van der Waals surface area contributed by atoms with Crippen molar-refractivity contribution < 1.29 is 23.8 Å². The summed E-state index contributed by atoms with van der Waals surface area (Å²) in [5.74, 6) is 0.295. The number of fused-ring (bicyclic) bond motifs is 1. The number of carbonyl (C=O) groups is 2. The highest BCUT2D eigenvalue weighted by atomic mass is 32.1. The highest BCUT2D eigenvalue weighted by molar-refractivity contribution is 7.10. The van der Waals surface area contributed by atoms with Crippen LogP contribution in [0.15, 0.2) is 40.8 Å². The molecule has 4 rings (SSSR count). The van der Waals surface area contributed by atoms with E-state index in [0.29, 0.717) is 41.9 Å². The molecule has 1 fully saturated rings. The van der Waals surface area contributed by atoms with Crippen LogP contribution in [0.5, 0.6) is 11.5 Å². The molecule has 1 unspecified atom stereocenters. The molecule has 0 spiro atoms. The standard InChI is InChI=1S/C24H27N3O6S/c1-31-19-12-16-17(13-20(19)32-2)25-15-26(24(16)30)9-4-8-23(29)33-14-22(28)27-10-3-6-18(27)21-7-5-11-34-21/h5,7,11-13,15,18H,3-4,6,8-10,14H2,1-2H3. The third-order valence-corrected chi connectivity index (χ3v) is 6.88. The zero-order valence-corrected chi connectivity index (χ0v) is 20.0. The summed E-state index contributed by atoms with van der Waals surface area (Å²) < 4.78 is 17.2. The third kappa shape index (κ3) is 5.06. The fourth-order valence-corrected chi connectivity index (χ4v) is 5.05. The summed E-state index contributed by atoms with van der Waals surface area (Å²) in [4.78, 5) is 44.9. The average molecular weight is 486 g/mol. The van der Waals surface area contributed by atoms with Crippen molar-refractivity contribution in [2.24, 2.45) is 0 Å². The third-order valence-electron chi connectivity index (χ3n) is 5.91. The van der Waals surface area contributed by atoms with Gasteiger partial charge in [-0.1, -0.05) is 6.07 Å². The molecule has 1 aromatic carbocycles. The number of esters is 1. The van der Waals surface area contributed by atoms with Crippen LogP contribution < -0.4 is 15.0 Å². The van der Waals surface area contributed by atoms with Gasteiger partial charge in [0.1, 0.15) is 0 Å². The Balaban J connectivity index is 1.29. The molecular formula is C24H27N3O6S. The zero-order chi connectivity index (χ0) is 24.1. The van der Waals surface area contributed by atoms with Crippen LogP contribution in [-0.4, -0.2) is 53.7 Å². The van der Waals surface area contributed by atoms with Gasteiger partial charge in [-0.3, -0.25) is 19.0 Å². The Morgan fingerprint density at radius 3 is 2.74 bits per heavy atom. The number of nitrogens with zero attached hydrogens (tertiary/aromatic N) is 3. The molecule has 3 heterocycles. The Bertz CT molecular complexity index is 1220. The molecule has 1 amide bonds. The monoisotopic (exact) mass is 485 g/mol. The van der Waals surface area contributed by atoms with Crippen LogP contribution in [0.1, 0.15) is 36.6 Å². The number of ether oxygens (including phenoxy) is 3. The molecule has 9 nitrogen and oxygen atoms in total. The number of amides is 1. The molecule has 0 radical (unpaired) electrons. The van der Waals surface area contributed by atoms with E-state index in [9.17, 15) is 14.4 Å². The molecule has 3 aromatic rings. The number of hydrogen-bond donors (Lipinski definition) is 0. The molecule has 1 saturated heterocycles. The van der Waals surface area contributed by atoms with Crippen molar-refractivity contribution in [1.82, 2.24) is 14.5 Å². The van der Waals surface area contributed by atoms with Gasteiger partial charge in [-0.15, -0.1) is 11.3 Å². The largest absolute Gasteiger partial charge is 0.493 e. The maximum atomic E-state index is 12.8. The second kappa shape index (κ2) is 10.7. The van der Waals surface area contributed by atoms with E-state index in [1.54, 1.807) is 28.4 Å². The number of benzene rings is 1. The molecule has 180 valence electrons. The molecule has 0 bridgehead atoms. The van der Waals surface area contributed by atoms with Gasteiger partial charge in [-0.25, -0.2) is 4.98 Å². The first-order chi connectivity index (χ1) is 16.5. The van der Waals surface area contributed by atoms with Crippen LogP contribution in [0, 0.1) is 0 Å². The first kappa shape index (κ1) is 23.7. The molecule has 1 aliphatic heterocycles. The van der Waals surface area contributed by atoms with Crippen LogP contribution in [0.2, 0.25) is 0 Å². The number of aryl methyl sites for hydroxylation is 1. The first-order valence-electron chi connectivity index (χ1n) is 11.1. The van der Waals surface area contributed by atoms with Crippen molar-refractivity contribution in [2.45, 2.75) is 38.3 Å². The summed E-state index contributed by atoms with van der Waals surface area (Å²) in [7, 11) is 3.02. The van der Waals surface area contributed by atoms with Gasteiger partial charge in [0.25, 0.3) is 11.5 Å². The van der Waals surface area contributed by atoms with Crippen molar-refractivity contribution in [3.63, 3.8) is 0 Å². The van der Waals surface area contributed by atoms with E-state index in [1.165, 1.54) is 25.1 Å². The van der Waals surface area contributed by atoms with Crippen LogP contribution in [0.3, 0.4) is 0 Å². The lowest BCUT2D eigenvalue weighted by Crippen LogP contribution is -2.34. The fourth-order valence-electron chi connectivity index (χ4n) is 4.18. The highest BCUT2D eigenvalue weighted by Gasteiger charge is 2.30. The number of thiophene rings is 1. The van der Waals surface area contributed by atoms with Gasteiger partial charge in [0.15, 0.2) is 18.1 Å². The second-order valence-corrected chi connectivity index (χ2v) is 8.97. The topological polar surface area (TPSA) is 100.0 Å². The molecular weight excluding hydrogens is 458 g/mol. The van der Waals surface area contributed by atoms with Crippen LogP contribution in [0.4, 0.5) is 0 Å². The summed E-state index contributed by atoms with van der Waals surface area (Å²) in [5.41, 5.74) is 0.266. The van der Waals surface area contributed by atoms with Gasteiger partial charge in [0.05, 0.1) is 37.5 Å². The molecule has 0 saturated carbocycles. The van der Waals surface area contributed by atoms with E-state index in [-0.39, 0.29) is 30.5 Å². The van der Waals surface area contributed by atoms with Crippen molar-refractivity contribution >= 4 is 34.1 Å². The van der Waals surface area contributed by atoms with E-state index >= 15 is 0 Å². The first-order valence-corrected chi connectivity index (χ1v) is 12.0. The smallest absolute Gasteiger partial charge is 0.306 e. The van der Waals surface area contributed by atoms with Gasteiger partial charge in [-0.2, -0.15) is 0 Å². The summed E-state index contributed by atoms with van der Waals surface area (Å²) in [6.07, 6.45) is 3.79. The van der Waals surface area contributed by atoms with Gasteiger partial charge in [0, 0.05) is 30.5 Å². The predicted octanol–water partition coefficient (Wildman–Crippen LogP) is 3.16. The number of methoxy groups -OCH3 is 2. The van der Waals surface area contributed by atoms with Crippen molar-refractivity contribution in [1.29, 1.82) is 0 Å². The van der Waals surface area contributed by atoms with Crippen molar-refractivity contribution in [3.05, 3.63) is 51.2 Å². The predicted molar refractivity (Wildman–Crippen MR) is 127 cm³/mol. The molecule has 0 N–H and O–H groups in total. The fraction of sp³-hybridized carbons (Fsp3) is 0.417. The molecule has 10 heteroatoms. The lowest BCUT2D eigenvalue weighted by Gasteiger charge is -2.23. The number of aromatic nitrogens is 2. The number of hydrogen-bond acceptors (Lipinski definition) is 8. The minimum Gasteiger partial charge on any atom is -0.493 e. The van der Waals surface area contributed by atoms with E-state index < -0.39 is 5.97 Å². The minimum atomic E-state index is -0.464. The number of rotatable bonds is 9. The summed E-state index contributed by atoms with van der Waals surface area (Å²) in [5, 5.41) is 2.40. The Morgan fingerprint density at radius 1 is 1.21 bits per heavy atom. The van der Waals surface area contributed by atoms with Crippen LogP contribution >= 0.6 is 11.3 Å². The number of carbonyl (C=O) groups excluding carboxylic acids is 2. The van der Waals surface area contributed by atoms with Crippen molar-refractivity contribution in [3.8, 4) is 11.5 Å². The molecule has 2 aromatic heterocycles. The molecule has 1 atom stereocenters. The minimum absolute atomic E-state index is 0.0667. The lowest BCUT2D eigenvalue weighted by molar-refractivity contribution is -0.152. The number of likely N-dealkylation sites (tertiary alicyclic amines) is 1. The Morgan fingerprint density at radius 2 is 2.00 bits per heavy atom. The summed E-state index contributed by atoms with van der Waals surface area (Å²) >= 11 is 1.63. The van der Waals surface area contributed by atoms with E-state index in [1.807, 2.05) is 17.5 Å². The van der Waals surface area contributed by atoms with Gasteiger partial charge >= 0.3 is 5.97 Å². The second-order valence-electron chi connectivity index (χ2n) is 7.99. The average Bonchev–Trinajstić information content (AvgIpc) is 3.55. The maximum absolute atomic E-state index is 12.8. The SMILES string of the molecule is COc1cc2ncn(CCCC(=O)OCC(=O)N3CCCC3c3cccs3)c(=O)c2cc1OC. The quantitative estimate of drug-likeness (QED) is 0.429. The van der Waals surface area contributed by atoms with Crippen LogP contribution in [0.25, 0.3) is 10.9 Å². The van der Waals surface area contributed by atoms with Crippen LogP contribution in [-0.2, 0) is 20.9 Å². The maximum Gasteiger partial charge on any atom is 0.306 e. The normalized spacial score (nSPS) is 15.5. The summed E-state index contributed by atoms with van der Waals surface area (Å²) in [6, 6.07) is 7.32. The van der Waals surface area contributed by atoms with E-state index in [4.69, 9.17) is 14.2 Å². The van der Waals surface area contributed by atoms with Gasteiger partial charge < -0.3 is 19.1 Å². The van der Waals surface area contributed by atoms with Gasteiger partial charge in [-0.05, 0) is 36.8 Å². The Kier molecular flexibility index (Phi) is 7.46. The van der Waals surface area contributed by atoms with Gasteiger partial charge in [0.2, 0.25) is 0 Å². The Hall–Kier alpha value is -3.40. The molecule has 1 aliphatic rings. The zero-order valence-electron chi connectivity index (χ0n) is 19.2. The molecule has 34 heavy (non-hydrogen) atoms. The van der Waals surface area contributed by atoms with Crippen molar-refractivity contribution in [2.75, 3.05) is 27.4 Å². The molecule has 0 aliphatic carbocycles. The summed E-state index contributed by atoms with van der Waals surface area (Å²) in [6.45, 7) is 0.707. The Labute approximate surface area is 200 Å². The lowest BCUT2D eigenvalue weighted by atomic mass is 10.2. The van der Waals surface area contributed by atoms with E-state index in [0.717, 1.165) is 17.7 Å². The van der Waals surface area contributed by atoms with E-state index in [2.05, 4.69) is 4.98 Å².